The van der Waals surface area contributed by atoms with Gasteiger partial charge >= 0.3 is 6.18 Å². The van der Waals surface area contributed by atoms with Gasteiger partial charge < -0.3 is 10.1 Å². The lowest BCUT2D eigenvalue weighted by atomic mass is 10.2. The summed E-state index contributed by atoms with van der Waals surface area (Å²) in [7, 11) is 0. The monoisotopic (exact) mass is 455 g/mol. The summed E-state index contributed by atoms with van der Waals surface area (Å²) in [4.78, 5) is 12.9. The summed E-state index contributed by atoms with van der Waals surface area (Å²) in [5.41, 5.74) is -0.867. The molecule has 5 nitrogen and oxygen atoms in total. The maximum atomic E-state index is 14.4. The van der Waals surface area contributed by atoms with E-state index in [1.54, 1.807) is 55.5 Å². The second-order valence-electron chi connectivity index (χ2n) is 7.17. The average molecular weight is 455 g/mol. The van der Waals surface area contributed by atoms with Gasteiger partial charge in [0.25, 0.3) is 5.91 Å². The van der Waals surface area contributed by atoms with Crippen LogP contribution < -0.4 is 10.1 Å². The Balaban J connectivity index is 1.67. The number of hydrogen-bond acceptors (Lipinski definition) is 3. The van der Waals surface area contributed by atoms with Crippen molar-refractivity contribution in [1.29, 1.82) is 0 Å². The summed E-state index contributed by atoms with van der Waals surface area (Å²) in [6.45, 7) is 1.75. The first kappa shape index (κ1) is 22.1. The number of benzene rings is 3. The first-order valence-corrected chi connectivity index (χ1v) is 9.79. The van der Waals surface area contributed by atoms with E-state index in [4.69, 9.17) is 4.74 Å². The number of nitrogens with one attached hydrogen (secondary N) is 1. The lowest BCUT2D eigenvalue weighted by Gasteiger charge is -2.11. The van der Waals surface area contributed by atoms with Gasteiger partial charge in [0, 0.05) is 12.1 Å². The molecule has 0 bridgehead atoms. The molecule has 0 unspecified atom stereocenters. The number of amides is 1. The minimum Gasteiger partial charge on any atom is -0.457 e. The van der Waals surface area contributed by atoms with Crippen LogP contribution >= 0.6 is 0 Å². The van der Waals surface area contributed by atoms with Crippen LogP contribution in [0.5, 0.6) is 11.5 Å². The van der Waals surface area contributed by atoms with E-state index >= 15 is 0 Å². The number of carbonyl (C=O) groups excluding carboxylic acids is 1. The molecule has 0 spiro atoms. The number of ether oxygens (including phenoxy) is 1. The van der Waals surface area contributed by atoms with Crippen LogP contribution in [0.25, 0.3) is 5.69 Å². The van der Waals surface area contributed by atoms with Crippen LogP contribution in [-0.4, -0.2) is 15.7 Å². The highest BCUT2D eigenvalue weighted by atomic mass is 19.4. The molecule has 0 aliphatic heterocycles. The topological polar surface area (TPSA) is 56.2 Å². The number of para-hydroxylation sites is 1. The van der Waals surface area contributed by atoms with Gasteiger partial charge in [-0.2, -0.15) is 18.3 Å². The van der Waals surface area contributed by atoms with Crippen molar-refractivity contribution in [2.24, 2.45) is 0 Å². The molecule has 1 amide bonds. The molecule has 33 heavy (non-hydrogen) atoms. The summed E-state index contributed by atoms with van der Waals surface area (Å²) in [5.74, 6) is -1.01. The van der Waals surface area contributed by atoms with Crippen molar-refractivity contribution in [3.63, 3.8) is 0 Å². The minimum absolute atomic E-state index is 0.237. The van der Waals surface area contributed by atoms with Gasteiger partial charge in [-0.05, 0) is 48.9 Å². The van der Waals surface area contributed by atoms with E-state index in [1.807, 2.05) is 0 Å². The Morgan fingerprint density at radius 2 is 1.70 bits per heavy atom. The Labute approximate surface area is 186 Å². The van der Waals surface area contributed by atoms with Crippen LogP contribution in [0.3, 0.4) is 0 Å². The normalized spacial score (nSPS) is 11.3. The molecule has 0 aliphatic rings. The van der Waals surface area contributed by atoms with Gasteiger partial charge in [0.1, 0.15) is 23.0 Å². The summed E-state index contributed by atoms with van der Waals surface area (Å²) in [6.07, 6.45) is -4.77. The van der Waals surface area contributed by atoms with E-state index in [2.05, 4.69) is 10.4 Å². The summed E-state index contributed by atoms with van der Waals surface area (Å²) >= 11 is 0. The lowest BCUT2D eigenvalue weighted by molar-refractivity contribution is -0.141. The molecule has 0 atom stereocenters. The predicted octanol–water partition coefficient (Wildman–Crippen LogP) is 6.38. The zero-order valence-electron chi connectivity index (χ0n) is 17.2. The third kappa shape index (κ3) is 5.03. The molecule has 1 heterocycles. The van der Waals surface area contributed by atoms with Crippen molar-refractivity contribution < 1.29 is 27.1 Å². The quantitative estimate of drug-likeness (QED) is 0.355. The van der Waals surface area contributed by atoms with Crippen molar-refractivity contribution in [3.8, 4) is 17.2 Å². The molecule has 0 fully saturated rings. The molecule has 0 saturated carbocycles. The summed E-state index contributed by atoms with van der Waals surface area (Å²) < 4.78 is 60.8. The Bertz CT molecular complexity index is 1300. The third-order valence-corrected chi connectivity index (χ3v) is 4.64. The second-order valence-corrected chi connectivity index (χ2v) is 7.17. The van der Waals surface area contributed by atoms with Crippen molar-refractivity contribution in [3.05, 3.63) is 102 Å². The van der Waals surface area contributed by atoms with Crippen LogP contribution in [0.2, 0.25) is 0 Å². The Morgan fingerprint density at radius 3 is 2.39 bits per heavy atom. The fraction of sp³-hybridized carbons (Fsp3) is 0.0833. The molecule has 4 aromatic rings. The zero-order chi connectivity index (χ0) is 23.6. The van der Waals surface area contributed by atoms with Crippen molar-refractivity contribution in [2.45, 2.75) is 13.1 Å². The fourth-order valence-electron chi connectivity index (χ4n) is 3.11. The number of anilines is 1. The number of alkyl halides is 3. The van der Waals surface area contributed by atoms with Crippen molar-refractivity contribution in [2.75, 3.05) is 5.32 Å². The lowest BCUT2D eigenvalue weighted by Crippen LogP contribution is -2.17. The highest BCUT2D eigenvalue weighted by Crippen LogP contribution is 2.31. The highest BCUT2D eigenvalue weighted by molar-refractivity contribution is 6.03. The van der Waals surface area contributed by atoms with Gasteiger partial charge in [0.15, 0.2) is 5.69 Å². The van der Waals surface area contributed by atoms with Crippen LogP contribution in [-0.2, 0) is 6.18 Å². The van der Waals surface area contributed by atoms with Gasteiger partial charge in [0.05, 0.1) is 11.4 Å². The molecule has 168 valence electrons. The molecular formula is C24H17F4N3O2. The highest BCUT2D eigenvalue weighted by Gasteiger charge is 2.36. The fourth-order valence-corrected chi connectivity index (χ4v) is 3.11. The molecule has 1 aromatic heterocycles. The third-order valence-electron chi connectivity index (χ3n) is 4.64. The number of carbonyl (C=O) groups is 1. The SMILES string of the molecule is Cc1cccc(-n2nc(C(F)(F)F)cc2C(=O)Nc2cc(Oc3ccccc3)ccc2F)c1. The van der Waals surface area contributed by atoms with E-state index in [-0.39, 0.29) is 17.1 Å². The predicted molar refractivity (Wildman–Crippen MR) is 114 cm³/mol. The maximum Gasteiger partial charge on any atom is 0.435 e. The molecule has 0 aliphatic carbocycles. The zero-order valence-corrected chi connectivity index (χ0v) is 17.2. The Kier molecular flexibility index (Phi) is 5.87. The molecule has 4 rings (SSSR count). The van der Waals surface area contributed by atoms with E-state index in [9.17, 15) is 22.4 Å². The Morgan fingerprint density at radius 1 is 0.939 bits per heavy atom. The molecule has 0 radical (unpaired) electrons. The van der Waals surface area contributed by atoms with E-state index in [1.165, 1.54) is 18.2 Å². The van der Waals surface area contributed by atoms with E-state index in [0.29, 0.717) is 11.8 Å². The molecule has 9 heteroatoms. The van der Waals surface area contributed by atoms with Gasteiger partial charge in [-0.25, -0.2) is 9.07 Å². The number of rotatable bonds is 5. The van der Waals surface area contributed by atoms with E-state index < -0.39 is 29.3 Å². The molecule has 3 aromatic carbocycles. The van der Waals surface area contributed by atoms with Gasteiger partial charge in [-0.15, -0.1) is 0 Å². The standard InChI is InChI=1S/C24H17F4N3O2/c1-15-6-5-7-16(12-15)31-21(14-22(30-31)24(26,27)28)23(32)29-20-13-18(10-11-19(20)25)33-17-8-3-2-4-9-17/h2-14H,1H3,(H,29,32). The smallest absolute Gasteiger partial charge is 0.435 e. The first-order valence-electron chi connectivity index (χ1n) is 9.79. The van der Waals surface area contributed by atoms with Crippen LogP contribution in [0.4, 0.5) is 23.2 Å². The number of hydrogen-bond donors (Lipinski definition) is 1. The molecule has 0 saturated heterocycles. The van der Waals surface area contributed by atoms with Crippen LogP contribution in [0.15, 0.2) is 78.9 Å². The van der Waals surface area contributed by atoms with Crippen LogP contribution in [0.1, 0.15) is 21.7 Å². The maximum absolute atomic E-state index is 14.4. The number of aryl methyl sites for hydroxylation is 1. The van der Waals surface area contributed by atoms with Gasteiger partial charge in [0.2, 0.25) is 0 Å². The van der Waals surface area contributed by atoms with Gasteiger partial charge in [-0.3, -0.25) is 4.79 Å². The van der Waals surface area contributed by atoms with Gasteiger partial charge in [-0.1, -0.05) is 30.3 Å². The summed E-state index contributed by atoms with van der Waals surface area (Å²) in [6, 6.07) is 19.5. The minimum atomic E-state index is -4.77. The molecular weight excluding hydrogens is 438 g/mol. The number of nitrogens with zero attached hydrogens (tertiary/aromatic N) is 2. The first-order chi connectivity index (χ1) is 15.7. The van der Waals surface area contributed by atoms with E-state index in [0.717, 1.165) is 16.3 Å². The second kappa shape index (κ2) is 8.78. The average Bonchev–Trinajstić information content (AvgIpc) is 3.23. The number of halogens is 4. The summed E-state index contributed by atoms with van der Waals surface area (Å²) in [5, 5.41) is 5.88. The van der Waals surface area contributed by atoms with Crippen LogP contribution in [0, 0.1) is 12.7 Å². The Hall–Kier alpha value is -4.14. The number of aromatic nitrogens is 2. The van der Waals surface area contributed by atoms with Crippen molar-refractivity contribution >= 4 is 11.6 Å². The van der Waals surface area contributed by atoms with Crippen molar-refractivity contribution in [1.82, 2.24) is 9.78 Å². The largest absolute Gasteiger partial charge is 0.457 e. The molecule has 1 N–H and O–H groups in total.